The van der Waals surface area contributed by atoms with Crippen LogP contribution in [0.1, 0.15) is 43.5 Å². The number of hydrogen-bond donors (Lipinski definition) is 0. The van der Waals surface area contributed by atoms with Crippen molar-refractivity contribution in [3.8, 4) is 0 Å². The Morgan fingerprint density at radius 2 is 2.33 bits per heavy atom. The molecule has 1 saturated heterocycles. The summed E-state index contributed by atoms with van der Waals surface area (Å²) in [5.41, 5.74) is 2.50. The fourth-order valence-corrected chi connectivity index (χ4v) is 2.43. The molecule has 2 heteroatoms. The Kier molecular flexibility index (Phi) is 3.37. The fraction of sp³-hybridized carbons (Fsp3) is 0.615. The molecule has 1 atom stereocenters. The lowest BCUT2D eigenvalue weighted by molar-refractivity contribution is 0.257. The molecule has 0 unspecified atom stereocenters. The molecule has 0 radical (unpaired) electrons. The highest BCUT2D eigenvalue weighted by molar-refractivity contribution is 5.18. The van der Waals surface area contributed by atoms with Gasteiger partial charge in [-0.05, 0) is 50.9 Å². The molecule has 2 nitrogen and oxygen atoms in total. The van der Waals surface area contributed by atoms with E-state index in [4.69, 9.17) is 0 Å². The summed E-state index contributed by atoms with van der Waals surface area (Å²) in [5.74, 6) is 0. The number of hydrogen-bond acceptors (Lipinski definition) is 2. The van der Waals surface area contributed by atoms with Crippen molar-refractivity contribution >= 4 is 0 Å². The molecule has 2 heterocycles. The van der Waals surface area contributed by atoms with E-state index >= 15 is 0 Å². The van der Waals surface area contributed by atoms with Gasteiger partial charge in [0.15, 0.2) is 0 Å². The van der Waals surface area contributed by atoms with Gasteiger partial charge in [0.1, 0.15) is 0 Å². The lowest BCUT2D eigenvalue weighted by Gasteiger charge is -2.23. The molecular formula is C13H20N2. The topological polar surface area (TPSA) is 16.1 Å². The monoisotopic (exact) mass is 204 g/mol. The number of rotatable bonds is 3. The molecule has 0 aromatic carbocycles. The Bertz CT molecular complexity index is 305. The van der Waals surface area contributed by atoms with Gasteiger partial charge in [-0.1, -0.05) is 13.0 Å². The Morgan fingerprint density at radius 3 is 3.00 bits per heavy atom. The molecule has 0 aliphatic carbocycles. The van der Waals surface area contributed by atoms with Crippen LogP contribution in [-0.2, 0) is 0 Å². The van der Waals surface area contributed by atoms with Crippen molar-refractivity contribution in [1.82, 2.24) is 9.88 Å². The third kappa shape index (κ3) is 2.37. The van der Waals surface area contributed by atoms with Crippen LogP contribution in [0.25, 0.3) is 0 Å². The first-order chi connectivity index (χ1) is 7.31. The van der Waals surface area contributed by atoms with E-state index in [2.05, 4.69) is 28.9 Å². The quantitative estimate of drug-likeness (QED) is 0.752. The van der Waals surface area contributed by atoms with Crippen LogP contribution in [-0.4, -0.2) is 23.0 Å². The Morgan fingerprint density at radius 1 is 1.47 bits per heavy atom. The van der Waals surface area contributed by atoms with Crippen LogP contribution >= 0.6 is 0 Å². The second kappa shape index (κ2) is 4.75. The van der Waals surface area contributed by atoms with Crippen molar-refractivity contribution in [2.75, 3.05) is 13.1 Å². The molecule has 0 N–H and O–H groups in total. The highest BCUT2D eigenvalue weighted by Crippen LogP contribution is 2.31. The van der Waals surface area contributed by atoms with Gasteiger partial charge in [-0.3, -0.25) is 9.88 Å². The maximum atomic E-state index is 4.39. The summed E-state index contributed by atoms with van der Waals surface area (Å²) in [6.45, 7) is 6.77. The lowest BCUT2D eigenvalue weighted by Crippen LogP contribution is -2.24. The molecule has 1 aromatic heterocycles. The number of aryl methyl sites for hydroxylation is 1. The number of likely N-dealkylation sites (tertiary alicyclic amines) is 1. The van der Waals surface area contributed by atoms with E-state index in [-0.39, 0.29) is 0 Å². The second-order valence-electron chi connectivity index (χ2n) is 4.43. The average molecular weight is 204 g/mol. The van der Waals surface area contributed by atoms with Gasteiger partial charge in [0.2, 0.25) is 0 Å². The summed E-state index contributed by atoms with van der Waals surface area (Å²) >= 11 is 0. The van der Waals surface area contributed by atoms with E-state index in [0.717, 1.165) is 5.69 Å². The molecule has 15 heavy (non-hydrogen) atoms. The first kappa shape index (κ1) is 10.6. The summed E-state index contributed by atoms with van der Waals surface area (Å²) in [5, 5.41) is 0. The Labute approximate surface area is 92.3 Å². The zero-order valence-corrected chi connectivity index (χ0v) is 9.74. The van der Waals surface area contributed by atoms with Crippen molar-refractivity contribution in [2.45, 2.75) is 39.2 Å². The fourth-order valence-electron chi connectivity index (χ4n) is 2.43. The van der Waals surface area contributed by atoms with E-state index < -0.39 is 0 Å². The predicted octanol–water partition coefficient (Wildman–Crippen LogP) is 2.94. The highest BCUT2D eigenvalue weighted by atomic mass is 15.2. The molecule has 1 fully saturated rings. The first-order valence-electron chi connectivity index (χ1n) is 5.98. The number of pyridine rings is 1. The molecule has 1 aliphatic rings. The van der Waals surface area contributed by atoms with Gasteiger partial charge in [0.25, 0.3) is 0 Å². The van der Waals surface area contributed by atoms with Crippen LogP contribution in [0.4, 0.5) is 0 Å². The van der Waals surface area contributed by atoms with Crippen molar-refractivity contribution in [1.29, 1.82) is 0 Å². The molecule has 82 valence electrons. The van der Waals surface area contributed by atoms with Crippen LogP contribution in [0, 0.1) is 6.92 Å². The van der Waals surface area contributed by atoms with Crippen LogP contribution in [0.2, 0.25) is 0 Å². The molecule has 1 aromatic rings. The Balaban J connectivity index is 2.11. The SMILES string of the molecule is CCCN1CCC[C@H]1c1ccc(C)nc1. The van der Waals surface area contributed by atoms with Gasteiger partial charge in [-0.25, -0.2) is 0 Å². The molecule has 0 saturated carbocycles. The largest absolute Gasteiger partial charge is 0.296 e. The Hall–Kier alpha value is -0.890. The summed E-state index contributed by atoms with van der Waals surface area (Å²) in [6.07, 6.45) is 5.92. The summed E-state index contributed by atoms with van der Waals surface area (Å²) < 4.78 is 0. The zero-order valence-electron chi connectivity index (χ0n) is 9.74. The average Bonchev–Trinajstić information content (AvgIpc) is 2.68. The van der Waals surface area contributed by atoms with Crippen molar-refractivity contribution in [2.24, 2.45) is 0 Å². The van der Waals surface area contributed by atoms with E-state index in [1.807, 2.05) is 13.1 Å². The van der Waals surface area contributed by atoms with Crippen LogP contribution in [0.15, 0.2) is 18.3 Å². The minimum Gasteiger partial charge on any atom is -0.296 e. The summed E-state index contributed by atoms with van der Waals surface area (Å²) in [6, 6.07) is 4.98. The van der Waals surface area contributed by atoms with Crippen LogP contribution in [0.3, 0.4) is 0 Å². The zero-order chi connectivity index (χ0) is 10.7. The van der Waals surface area contributed by atoms with Gasteiger partial charge in [0, 0.05) is 17.9 Å². The van der Waals surface area contributed by atoms with Crippen LogP contribution < -0.4 is 0 Å². The van der Waals surface area contributed by atoms with E-state index in [1.54, 1.807) is 0 Å². The van der Waals surface area contributed by atoms with Gasteiger partial charge in [-0.2, -0.15) is 0 Å². The molecule has 0 amide bonds. The van der Waals surface area contributed by atoms with Gasteiger partial charge in [-0.15, -0.1) is 0 Å². The van der Waals surface area contributed by atoms with Crippen molar-refractivity contribution in [3.05, 3.63) is 29.6 Å². The molecular weight excluding hydrogens is 184 g/mol. The van der Waals surface area contributed by atoms with E-state index in [9.17, 15) is 0 Å². The third-order valence-corrected chi connectivity index (χ3v) is 3.19. The van der Waals surface area contributed by atoms with E-state index in [0.29, 0.717) is 6.04 Å². The second-order valence-corrected chi connectivity index (χ2v) is 4.43. The minimum atomic E-state index is 0.623. The number of aromatic nitrogens is 1. The maximum Gasteiger partial charge on any atom is 0.0372 e. The molecule has 0 bridgehead atoms. The third-order valence-electron chi connectivity index (χ3n) is 3.19. The predicted molar refractivity (Wildman–Crippen MR) is 62.8 cm³/mol. The molecule has 2 rings (SSSR count). The first-order valence-corrected chi connectivity index (χ1v) is 5.98. The normalized spacial score (nSPS) is 22.1. The van der Waals surface area contributed by atoms with Crippen molar-refractivity contribution in [3.63, 3.8) is 0 Å². The highest BCUT2D eigenvalue weighted by Gasteiger charge is 2.24. The maximum absolute atomic E-state index is 4.39. The minimum absolute atomic E-state index is 0.623. The summed E-state index contributed by atoms with van der Waals surface area (Å²) in [7, 11) is 0. The molecule has 0 spiro atoms. The van der Waals surface area contributed by atoms with Crippen molar-refractivity contribution < 1.29 is 0 Å². The number of nitrogens with zero attached hydrogens (tertiary/aromatic N) is 2. The van der Waals surface area contributed by atoms with Gasteiger partial charge >= 0.3 is 0 Å². The van der Waals surface area contributed by atoms with Gasteiger partial charge in [0.05, 0.1) is 0 Å². The smallest absolute Gasteiger partial charge is 0.0372 e. The standard InChI is InChI=1S/C13H20N2/c1-3-8-15-9-4-5-13(15)12-7-6-11(2)14-10-12/h6-7,10,13H,3-5,8-9H2,1-2H3/t13-/m0/s1. The van der Waals surface area contributed by atoms with Crippen LogP contribution in [0.5, 0.6) is 0 Å². The van der Waals surface area contributed by atoms with Gasteiger partial charge < -0.3 is 0 Å². The van der Waals surface area contributed by atoms with E-state index in [1.165, 1.54) is 37.9 Å². The molecule has 1 aliphatic heterocycles. The lowest BCUT2D eigenvalue weighted by atomic mass is 10.1. The summed E-state index contributed by atoms with van der Waals surface area (Å²) in [4.78, 5) is 6.98.